The average Bonchev–Trinajstić information content (AvgIpc) is 2.97. The molecule has 0 aromatic heterocycles. The van der Waals surface area contributed by atoms with Crippen LogP contribution >= 0.6 is 11.6 Å². The van der Waals surface area contributed by atoms with Crippen LogP contribution in [-0.4, -0.2) is 65.3 Å². The van der Waals surface area contributed by atoms with Crippen LogP contribution in [-0.2, 0) is 22.6 Å². The van der Waals surface area contributed by atoms with E-state index in [9.17, 15) is 22.8 Å². The van der Waals surface area contributed by atoms with Crippen molar-refractivity contribution in [3.8, 4) is 0 Å². The minimum Gasteiger partial charge on any atom is -0.328 e. The lowest BCUT2D eigenvalue weighted by Crippen LogP contribution is -2.51. The summed E-state index contributed by atoms with van der Waals surface area (Å²) in [5.41, 5.74) is 2.03. The molecule has 2 amide bonds. The Balaban J connectivity index is 1.40. The van der Waals surface area contributed by atoms with Crippen molar-refractivity contribution in [1.29, 1.82) is 0 Å². The zero-order valence-corrected chi connectivity index (χ0v) is 24.1. The summed E-state index contributed by atoms with van der Waals surface area (Å²) in [6.45, 7) is 3.09. The van der Waals surface area contributed by atoms with Crippen molar-refractivity contribution < 1.29 is 27.6 Å². The van der Waals surface area contributed by atoms with Gasteiger partial charge in [0.15, 0.2) is 0 Å². The van der Waals surface area contributed by atoms with Gasteiger partial charge in [-0.25, -0.2) is 9.59 Å². The molecule has 2 aromatic carbocycles. The van der Waals surface area contributed by atoms with Gasteiger partial charge in [-0.05, 0) is 81.3 Å². The number of hydrogen-bond acceptors (Lipinski definition) is 4. The van der Waals surface area contributed by atoms with Gasteiger partial charge in [0.25, 0.3) is 0 Å². The maximum atomic E-state index is 13.8. The molecule has 1 aliphatic heterocycles. The van der Waals surface area contributed by atoms with Gasteiger partial charge < -0.3 is 14.6 Å². The molecule has 1 aliphatic carbocycles. The third-order valence-electron chi connectivity index (χ3n) is 8.07. The largest absolute Gasteiger partial charge is 0.493 e. The fourth-order valence-electron chi connectivity index (χ4n) is 5.79. The predicted octanol–water partition coefficient (Wildman–Crippen LogP) is 7.26. The van der Waals surface area contributed by atoms with E-state index in [4.69, 9.17) is 16.4 Å². The van der Waals surface area contributed by atoms with Gasteiger partial charge in [-0.1, -0.05) is 79.4 Å². The maximum absolute atomic E-state index is 13.8. The van der Waals surface area contributed by atoms with E-state index in [1.807, 2.05) is 6.07 Å². The van der Waals surface area contributed by atoms with Gasteiger partial charge in [0, 0.05) is 18.1 Å². The molecule has 2 aliphatic rings. The molecule has 4 rings (SSSR count). The molecule has 0 radical (unpaired) electrons. The number of amides is 2. The van der Waals surface area contributed by atoms with E-state index >= 15 is 0 Å². The molecule has 0 bridgehead atoms. The van der Waals surface area contributed by atoms with Gasteiger partial charge in [0.1, 0.15) is 0 Å². The topological polar surface area (TPSA) is 53.1 Å². The van der Waals surface area contributed by atoms with Crippen LogP contribution < -0.4 is 0 Å². The third-order valence-corrected chi connectivity index (χ3v) is 8.44. The highest BCUT2D eigenvalue weighted by molar-refractivity contribution is 6.31. The average molecular weight is 594 g/mol. The molecule has 0 atom stereocenters. The summed E-state index contributed by atoms with van der Waals surface area (Å²) < 4.78 is 39.5. The monoisotopic (exact) mass is 593 g/mol. The van der Waals surface area contributed by atoms with Gasteiger partial charge in [0.2, 0.25) is 0 Å². The second-order valence-electron chi connectivity index (χ2n) is 11.1. The number of alkyl halides is 3. The molecular weight excluding hydrogens is 555 g/mol. The molecule has 0 N–H and O–H groups in total. The van der Waals surface area contributed by atoms with Crippen LogP contribution in [0, 0.1) is 5.92 Å². The molecule has 10 heteroatoms. The molecule has 1 heterocycles. The highest BCUT2D eigenvalue weighted by Crippen LogP contribution is 2.28. The molecule has 1 saturated carbocycles. The lowest BCUT2D eigenvalue weighted by atomic mass is 9.90. The molecule has 41 heavy (non-hydrogen) atoms. The summed E-state index contributed by atoms with van der Waals surface area (Å²) in [7, 11) is 0. The van der Waals surface area contributed by atoms with Crippen molar-refractivity contribution in [2.45, 2.75) is 76.6 Å². The predicted molar refractivity (Wildman–Crippen MR) is 152 cm³/mol. The van der Waals surface area contributed by atoms with Crippen LogP contribution in [0.15, 0.2) is 54.6 Å². The Kier molecular flexibility index (Phi) is 11.3. The zero-order chi connectivity index (χ0) is 29.2. The number of halogens is 4. The Labute approximate surface area is 245 Å². The second kappa shape index (κ2) is 14.9. The minimum absolute atomic E-state index is 0.102. The summed E-state index contributed by atoms with van der Waals surface area (Å²) in [6.07, 6.45) is 2.09. The molecule has 2 fully saturated rings. The summed E-state index contributed by atoms with van der Waals surface area (Å²) in [6, 6.07) is 16.2. The van der Waals surface area contributed by atoms with Crippen LogP contribution in [0.3, 0.4) is 0 Å². The fourth-order valence-corrected chi connectivity index (χ4v) is 5.98. The Morgan fingerprint density at radius 2 is 1.59 bits per heavy atom. The normalized spacial score (nSPS) is 17.3. The SMILES string of the molecule is O=C(N(CCCN1CCC(Cc2ccccc2)CC1)Cc1ccccc1Cl)N(OC(=O)C(F)(F)F)C1CCCCC1. The van der Waals surface area contributed by atoms with Crippen LogP contribution in [0.25, 0.3) is 0 Å². The number of carbonyl (C=O) groups excluding carboxylic acids is 2. The number of benzene rings is 2. The zero-order valence-electron chi connectivity index (χ0n) is 23.3. The maximum Gasteiger partial charge on any atom is 0.493 e. The summed E-state index contributed by atoms with van der Waals surface area (Å²) in [4.78, 5) is 34.2. The van der Waals surface area contributed by atoms with E-state index < -0.39 is 24.2 Å². The molecular formula is C31H39ClF3N3O3. The number of hydroxylamine groups is 2. The van der Waals surface area contributed by atoms with Crippen LogP contribution in [0.4, 0.5) is 18.0 Å². The lowest BCUT2D eigenvalue weighted by Gasteiger charge is -2.36. The van der Waals surface area contributed by atoms with Gasteiger partial charge in [-0.15, -0.1) is 5.06 Å². The first kappa shape index (κ1) is 31.2. The molecule has 1 saturated heterocycles. The van der Waals surface area contributed by atoms with Crippen molar-refractivity contribution >= 4 is 23.6 Å². The molecule has 0 unspecified atom stereocenters. The van der Waals surface area contributed by atoms with Crippen molar-refractivity contribution in [3.63, 3.8) is 0 Å². The summed E-state index contributed by atoms with van der Waals surface area (Å²) >= 11 is 6.38. The van der Waals surface area contributed by atoms with E-state index in [1.165, 1.54) is 10.5 Å². The van der Waals surface area contributed by atoms with Crippen molar-refractivity contribution in [2.75, 3.05) is 26.2 Å². The molecule has 224 valence electrons. The van der Waals surface area contributed by atoms with Crippen LogP contribution in [0.1, 0.15) is 62.5 Å². The number of likely N-dealkylation sites (tertiary alicyclic amines) is 1. The molecule has 6 nitrogen and oxygen atoms in total. The van der Waals surface area contributed by atoms with Crippen LogP contribution in [0.5, 0.6) is 0 Å². The number of hydrogen-bond donors (Lipinski definition) is 0. The molecule has 2 aromatic rings. The first-order valence-electron chi connectivity index (χ1n) is 14.6. The number of rotatable bonds is 9. The van der Waals surface area contributed by atoms with E-state index in [2.05, 4.69) is 29.2 Å². The fraction of sp³-hybridized carbons (Fsp3) is 0.548. The number of piperidine rings is 1. The highest BCUT2D eigenvalue weighted by Gasteiger charge is 2.45. The van der Waals surface area contributed by atoms with E-state index in [-0.39, 0.29) is 6.54 Å². The Morgan fingerprint density at radius 1 is 0.927 bits per heavy atom. The number of nitrogens with zero attached hydrogens (tertiary/aromatic N) is 3. The first-order chi connectivity index (χ1) is 19.7. The van der Waals surface area contributed by atoms with Gasteiger partial charge in [-0.2, -0.15) is 13.2 Å². The van der Waals surface area contributed by atoms with Crippen molar-refractivity contribution in [1.82, 2.24) is 14.9 Å². The van der Waals surface area contributed by atoms with Crippen LogP contribution in [0.2, 0.25) is 5.02 Å². The Bertz CT molecular complexity index is 1120. The standard InChI is InChI=1S/C31H39ClF3N3O3/c32-28-15-8-7-12-26(28)23-37(30(40)38(27-13-5-2-6-14-27)41-29(39)31(33,34)35)19-9-18-36-20-16-25(17-21-36)22-24-10-3-1-4-11-24/h1,3-4,7-8,10-12,15,25,27H,2,5-6,9,13-14,16-23H2. The van der Waals surface area contributed by atoms with Gasteiger partial charge >= 0.3 is 18.2 Å². The van der Waals surface area contributed by atoms with Gasteiger partial charge in [-0.3, -0.25) is 0 Å². The summed E-state index contributed by atoms with van der Waals surface area (Å²) in [5, 5.41) is 1.14. The van der Waals surface area contributed by atoms with Crippen molar-refractivity contribution in [3.05, 3.63) is 70.7 Å². The second-order valence-corrected chi connectivity index (χ2v) is 11.5. The van der Waals surface area contributed by atoms with Crippen molar-refractivity contribution in [2.24, 2.45) is 5.92 Å². The third kappa shape index (κ3) is 9.36. The quantitative estimate of drug-likeness (QED) is 0.287. The van der Waals surface area contributed by atoms with E-state index in [0.29, 0.717) is 47.4 Å². The molecule has 0 spiro atoms. The first-order valence-corrected chi connectivity index (χ1v) is 15.0. The number of carbonyl (C=O) groups is 2. The van der Waals surface area contributed by atoms with Gasteiger partial charge in [0.05, 0.1) is 6.04 Å². The highest BCUT2D eigenvalue weighted by atomic mass is 35.5. The Hall–Kier alpha value is -2.78. The Morgan fingerprint density at radius 3 is 2.24 bits per heavy atom. The van der Waals surface area contributed by atoms with E-state index in [0.717, 1.165) is 58.2 Å². The van der Waals surface area contributed by atoms with E-state index in [1.54, 1.807) is 24.3 Å². The lowest BCUT2D eigenvalue weighted by molar-refractivity contribution is -0.236. The smallest absolute Gasteiger partial charge is 0.328 e. The summed E-state index contributed by atoms with van der Waals surface area (Å²) in [5.74, 6) is -1.74. The number of urea groups is 1. The minimum atomic E-state index is -5.20.